The van der Waals surface area contributed by atoms with Crippen molar-refractivity contribution >= 4 is 23.3 Å². The van der Waals surface area contributed by atoms with Crippen molar-refractivity contribution in [3.8, 4) is 17.1 Å². The highest BCUT2D eigenvalue weighted by molar-refractivity contribution is 6.31. The van der Waals surface area contributed by atoms with E-state index in [0.29, 0.717) is 54.2 Å². The monoisotopic (exact) mass is 441 g/mol. The van der Waals surface area contributed by atoms with Crippen LogP contribution in [0.1, 0.15) is 36.0 Å². The van der Waals surface area contributed by atoms with Gasteiger partial charge in [0.25, 0.3) is 5.91 Å². The number of nitrogens with zero attached hydrogens (tertiary/aromatic N) is 5. The fourth-order valence-electron chi connectivity index (χ4n) is 3.45. The standard InChI is InChI=1S/C22H24ClN5O3/c1-14(2)21-25-20(26-31-21)15-4-7-19(24-13-15)27-8-10-28(11-9-27)22(29)17-12-16(23)5-6-18(17)30-3/h4-7,12-14H,8-11H2,1-3H3. The van der Waals surface area contributed by atoms with Crippen LogP contribution in [0, 0.1) is 0 Å². The third-order valence-corrected chi connectivity index (χ3v) is 5.46. The van der Waals surface area contributed by atoms with Gasteiger partial charge in [0.15, 0.2) is 0 Å². The molecule has 8 nitrogen and oxygen atoms in total. The predicted octanol–water partition coefficient (Wildman–Crippen LogP) is 3.88. The molecule has 0 radical (unpaired) electrons. The molecule has 1 aliphatic heterocycles. The molecule has 1 aromatic carbocycles. The summed E-state index contributed by atoms with van der Waals surface area (Å²) in [5, 5.41) is 4.53. The summed E-state index contributed by atoms with van der Waals surface area (Å²) in [5.74, 6) is 2.62. The number of hydrogen-bond acceptors (Lipinski definition) is 7. The maximum absolute atomic E-state index is 13.0. The Hall–Kier alpha value is -3.13. The fourth-order valence-corrected chi connectivity index (χ4v) is 3.62. The van der Waals surface area contributed by atoms with Gasteiger partial charge in [-0.2, -0.15) is 4.98 Å². The minimum Gasteiger partial charge on any atom is -0.496 e. The van der Waals surface area contributed by atoms with Crippen LogP contribution < -0.4 is 9.64 Å². The molecule has 2 aromatic heterocycles. The smallest absolute Gasteiger partial charge is 0.257 e. The highest BCUT2D eigenvalue weighted by atomic mass is 35.5. The zero-order valence-electron chi connectivity index (χ0n) is 17.7. The van der Waals surface area contributed by atoms with Gasteiger partial charge in [-0.05, 0) is 30.3 Å². The number of halogens is 1. The second kappa shape index (κ2) is 8.93. The first-order valence-electron chi connectivity index (χ1n) is 10.1. The summed E-state index contributed by atoms with van der Waals surface area (Å²) in [7, 11) is 1.55. The molecular formula is C22H24ClN5O3. The summed E-state index contributed by atoms with van der Waals surface area (Å²) in [6, 6.07) is 8.95. The Morgan fingerprint density at radius 1 is 1.16 bits per heavy atom. The molecule has 3 aromatic rings. The van der Waals surface area contributed by atoms with Gasteiger partial charge in [-0.1, -0.05) is 30.6 Å². The number of aromatic nitrogens is 3. The molecule has 1 amide bonds. The molecule has 31 heavy (non-hydrogen) atoms. The molecule has 0 saturated carbocycles. The Morgan fingerprint density at radius 3 is 2.55 bits per heavy atom. The normalized spacial score (nSPS) is 14.2. The summed E-state index contributed by atoms with van der Waals surface area (Å²) < 4.78 is 10.6. The van der Waals surface area contributed by atoms with E-state index < -0.39 is 0 Å². The molecule has 0 bridgehead atoms. The topological polar surface area (TPSA) is 84.6 Å². The molecule has 0 aliphatic carbocycles. The van der Waals surface area contributed by atoms with Crippen LogP contribution in [-0.4, -0.2) is 59.2 Å². The van der Waals surface area contributed by atoms with Crippen molar-refractivity contribution in [2.45, 2.75) is 19.8 Å². The summed E-state index contributed by atoms with van der Waals surface area (Å²) in [6.07, 6.45) is 1.75. The number of amides is 1. The number of ether oxygens (including phenoxy) is 1. The second-order valence-electron chi connectivity index (χ2n) is 7.64. The van der Waals surface area contributed by atoms with Crippen molar-refractivity contribution in [3.63, 3.8) is 0 Å². The van der Waals surface area contributed by atoms with Crippen molar-refractivity contribution < 1.29 is 14.1 Å². The van der Waals surface area contributed by atoms with E-state index in [0.717, 1.165) is 11.4 Å². The zero-order valence-corrected chi connectivity index (χ0v) is 18.5. The lowest BCUT2D eigenvalue weighted by molar-refractivity contribution is 0.0743. The molecule has 0 unspecified atom stereocenters. The number of benzene rings is 1. The third-order valence-electron chi connectivity index (χ3n) is 5.22. The van der Waals surface area contributed by atoms with Gasteiger partial charge < -0.3 is 19.1 Å². The molecule has 0 atom stereocenters. The van der Waals surface area contributed by atoms with Crippen molar-refractivity contribution in [2.24, 2.45) is 0 Å². The number of carbonyl (C=O) groups excluding carboxylic acids is 1. The summed E-state index contributed by atoms with van der Waals surface area (Å²) in [6.45, 7) is 6.54. The first-order valence-corrected chi connectivity index (χ1v) is 10.5. The highest BCUT2D eigenvalue weighted by Crippen LogP contribution is 2.26. The molecule has 3 heterocycles. The Bertz CT molecular complexity index is 1060. The average molecular weight is 442 g/mol. The van der Waals surface area contributed by atoms with E-state index in [1.165, 1.54) is 0 Å². The van der Waals surface area contributed by atoms with Crippen molar-refractivity contribution in [1.82, 2.24) is 20.0 Å². The van der Waals surface area contributed by atoms with Gasteiger partial charge >= 0.3 is 0 Å². The lowest BCUT2D eigenvalue weighted by Crippen LogP contribution is -2.49. The molecule has 1 fully saturated rings. The number of methoxy groups -OCH3 is 1. The zero-order chi connectivity index (χ0) is 22.0. The van der Waals surface area contributed by atoms with Crippen LogP contribution in [0.3, 0.4) is 0 Å². The molecule has 9 heteroatoms. The number of piperazine rings is 1. The molecule has 162 valence electrons. The molecule has 4 rings (SSSR count). The van der Waals surface area contributed by atoms with Crippen LogP contribution >= 0.6 is 11.6 Å². The van der Waals surface area contributed by atoms with E-state index in [-0.39, 0.29) is 11.8 Å². The molecule has 1 saturated heterocycles. The largest absolute Gasteiger partial charge is 0.496 e. The lowest BCUT2D eigenvalue weighted by Gasteiger charge is -2.35. The maximum atomic E-state index is 13.0. The number of hydrogen-bond donors (Lipinski definition) is 0. The fraction of sp³-hybridized carbons (Fsp3) is 0.364. The van der Waals surface area contributed by atoms with E-state index in [1.54, 1.807) is 31.5 Å². The van der Waals surface area contributed by atoms with Crippen LogP contribution in [-0.2, 0) is 0 Å². The van der Waals surface area contributed by atoms with Crippen LogP contribution in [0.5, 0.6) is 5.75 Å². The number of anilines is 1. The first-order chi connectivity index (χ1) is 15.0. The molecule has 1 aliphatic rings. The van der Waals surface area contributed by atoms with Crippen molar-refractivity contribution in [3.05, 3.63) is 53.0 Å². The van der Waals surface area contributed by atoms with Crippen LogP contribution in [0.15, 0.2) is 41.1 Å². The summed E-state index contributed by atoms with van der Waals surface area (Å²) in [4.78, 5) is 25.9. The van der Waals surface area contributed by atoms with Gasteiger partial charge in [0, 0.05) is 48.9 Å². The van der Waals surface area contributed by atoms with E-state index in [9.17, 15) is 4.79 Å². The van der Waals surface area contributed by atoms with Gasteiger partial charge in [-0.15, -0.1) is 0 Å². The van der Waals surface area contributed by atoms with E-state index in [1.807, 2.05) is 30.9 Å². The van der Waals surface area contributed by atoms with Crippen molar-refractivity contribution in [1.29, 1.82) is 0 Å². The molecular weight excluding hydrogens is 418 g/mol. The Labute approximate surface area is 185 Å². The van der Waals surface area contributed by atoms with Gasteiger partial charge in [-0.25, -0.2) is 4.98 Å². The molecule has 0 spiro atoms. The van der Waals surface area contributed by atoms with E-state index in [4.69, 9.17) is 20.9 Å². The Kier molecular flexibility index (Phi) is 6.08. The van der Waals surface area contributed by atoms with Crippen LogP contribution in [0.2, 0.25) is 5.02 Å². The second-order valence-corrected chi connectivity index (χ2v) is 8.08. The quantitative estimate of drug-likeness (QED) is 0.594. The van der Waals surface area contributed by atoms with Gasteiger partial charge in [0.2, 0.25) is 11.7 Å². The maximum Gasteiger partial charge on any atom is 0.257 e. The SMILES string of the molecule is COc1ccc(Cl)cc1C(=O)N1CCN(c2ccc(-c3noc(C(C)C)n3)cn2)CC1. The van der Waals surface area contributed by atoms with Crippen molar-refractivity contribution in [2.75, 3.05) is 38.2 Å². The molecule has 0 N–H and O–H groups in total. The van der Waals surface area contributed by atoms with Gasteiger partial charge in [-0.3, -0.25) is 4.79 Å². The summed E-state index contributed by atoms with van der Waals surface area (Å²) in [5.41, 5.74) is 1.29. The third kappa shape index (κ3) is 4.49. The number of pyridine rings is 1. The minimum absolute atomic E-state index is 0.0830. The lowest BCUT2D eigenvalue weighted by atomic mass is 10.1. The van der Waals surface area contributed by atoms with Gasteiger partial charge in [0.05, 0.1) is 12.7 Å². The number of rotatable bonds is 5. The predicted molar refractivity (Wildman–Crippen MR) is 118 cm³/mol. The number of carbonyl (C=O) groups is 1. The first kappa shape index (κ1) is 21.1. The van der Waals surface area contributed by atoms with Crippen LogP contribution in [0.25, 0.3) is 11.4 Å². The summed E-state index contributed by atoms with van der Waals surface area (Å²) >= 11 is 6.08. The highest BCUT2D eigenvalue weighted by Gasteiger charge is 2.25. The van der Waals surface area contributed by atoms with E-state index in [2.05, 4.69) is 20.0 Å². The average Bonchev–Trinajstić information content (AvgIpc) is 3.30. The van der Waals surface area contributed by atoms with Gasteiger partial charge in [0.1, 0.15) is 11.6 Å². The van der Waals surface area contributed by atoms with Crippen LogP contribution in [0.4, 0.5) is 5.82 Å². The Morgan fingerprint density at radius 2 is 1.94 bits per heavy atom. The Balaban J connectivity index is 1.40. The minimum atomic E-state index is -0.0830. The van der Waals surface area contributed by atoms with E-state index >= 15 is 0 Å².